The van der Waals surface area contributed by atoms with E-state index >= 15 is 0 Å². The van der Waals surface area contributed by atoms with Crippen molar-refractivity contribution in [2.24, 2.45) is 11.7 Å². The van der Waals surface area contributed by atoms with Crippen LogP contribution in [-0.2, 0) is 0 Å². The molecule has 1 aliphatic carbocycles. The van der Waals surface area contributed by atoms with E-state index < -0.39 is 6.36 Å². The van der Waals surface area contributed by atoms with Crippen LogP contribution in [0.3, 0.4) is 0 Å². The molecule has 0 heterocycles. The number of rotatable bonds is 3. The molecule has 0 aliphatic heterocycles. The number of benzene rings is 1. The van der Waals surface area contributed by atoms with Crippen LogP contribution in [0.15, 0.2) is 22.7 Å². The average Bonchev–Trinajstić information content (AvgIpc) is 2.10. The Morgan fingerprint density at radius 2 is 1.89 bits per heavy atom. The van der Waals surface area contributed by atoms with Gasteiger partial charge in [0, 0.05) is 10.5 Å². The van der Waals surface area contributed by atoms with Crippen LogP contribution in [0.25, 0.3) is 0 Å². The molecule has 1 aromatic carbocycles. The summed E-state index contributed by atoms with van der Waals surface area (Å²) < 4.78 is 41.0. The van der Waals surface area contributed by atoms with E-state index in [4.69, 9.17) is 5.73 Å². The molecule has 1 aliphatic rings. The van der Waals surface area contributed by atoms with Crippen LogP contribution < -0.4 is 10.5 Å². The lowest BCUT2D eigenvalue weighted by Crippen LogP contribution is -2.27. The predicted octanol–water partition coefficient (Wildman–Crippen LogP) is 4.57. The van der Waals surface area contributed by atoms with E-state index in [0.29, 0.717) is 16.0 Å². The summed E-state index contributed by atoms with van der Waals surface area (Å²) in [4.78, 5) is 0. The molecule has 0 spiro atoms. The largest absolute Gasteiger partial charge is 0.573 e. The molecule has 1 fully saturated rings. The molecule has 1 atom stereocenters. The summed E-state index contributed by atoms with van der Waals surface area (Å²) in [7, 11) is 0. The van der Waals surface area contributed by atoms with Crippen molar-refractivity contribution < 1.29 is 17.9 Å². The summed E-state index contributed by atoms with van der Waals surface area (Å²) in [6.45, 7) is 0. The molecule has 19 heavy (non-hydrogen) atoms. The highest BCUT2D eigenvalue weighted by Gasteiger charge is 2.32. The molecule has 2 nitrogen and oxygen atoms in total. The maximum atomic E-state index is 12.2. The third kappa shape index (κ3) is 4.54. The molecule has 1 aromatic rings. The second-order valence-electron chi connectivity index (χ2n) is 4.48. The Labute approximate surface area is 124 Å². The Morgan fingerprint density at radius 3 is 2.37 bits per heavy atom. The molecule has 7 heteroatoms. The van der Waals surface area contributed by atoms with Gasteiger partial charge in [-0.25, -0.2) is 0 Å². The lowest BCUT2D eigenvalue weighted by molar-refractivity contribution is -0.274. The van der Waals surface area contributed by atoms with Gasteiger partial charge in [0.2, 0.25) is 0 Å². The fourth-order valence-electron chi connectivity index (χ4n) is 2.04. The first-order valence-electron chi connectivity index (χ1n) is 5.67. The first kappa shape index (κ1) is 16.6. The maximum Gasteiger partial charge on any atom is 0.573 e. The van der Waals surface area contributed by atoms with E-state index in [0.717, 1.165) is 19.3 Å². The minimum atomic E-state index is -4.68. The molecule has 0 saturated heterocycles. The van der Waals surface area contributed by atoms with Crippen molar-refractivity contribution >= 4 is 28.3 Å². The Bertz CT molecular complexity index is 437. The van der Waals surface area contributed by atoms with Crippen molar-refractivity contribution in [2.45, 2.75) is 31.7 Å². The van der Waals surface area contributed by atoms with Gasteiger partial charge in [-0.1, -0.05) is 22.4 Å². The molecular weight excluding hydrogens is 346 g/mol. The topological polar surface area (TPSA) is 35.2 Å². The van der Waals surface area contributed by atoms with Crippen molar-refractivity contribution in [3.63, 3.8) is 0 Å². The fraction of sp³-hybridized carbons (Fsp3) is 0.500. The highest BCUT2D eigenvalue weighted by molar-refractivity contribution is 9.10. The van der Waals surface area contributed by atoms with Crippen molar-refractivity contribution in [1.82, 2.24) is 0 Å². The maximum absolute atomic E-state index is 12.2. The van der Waals surface area contributed by atoms with E-state index in [9.17, 15) is 13.2 Å². The Morgan fingerprint density at radius 1 is 1.26 bits per heavy atom. The predicted molar refractivity (Wildman–Crippen MR) is 72.3 cm³/mol. The summed E-state index contributed by atoms with van der Waals surface area (Å²) in [6.07, 6.45) is -1.48. The molecule has 2 N–H and O–H groups in total. The lowest BCUT2D eigenvalue weighted by Gasteiger charge is -2.31. The number of halogens is 5. The van der Waals surface area contributed by atoms with Crippen LogP contribution in [0.5, 0.6) is 5.75 Å². The second-order valence-corrected chi connectivity index (χ2v) is 5.40. The highest BCUT2D eigenvalue weighted by Crippen LogP contribution is 2.38. The zero-order chi connectivity index (χ0) is 13.3. The van der Waals surface area contributed by atoms with Crippen LogP contribution in [0.1, 0.15) is 30.9 Å². The van der Waals surface area contributed by atoms with E-state index in [2.05, 4.69) is 20.7 Å². The number of hydrogen-bond donors (Lipinski definition) is 1. The second kappa shape index (κ2) is 6.33. The smallest absolute Gasteiger partial charge is 0.406 e. The third-order valence-corrected chi connectivity index (χ3v) is 3.63. The van der Waals surface area contributed by atoms with Gasteiger partial charge < -0.3 is 10.5 Å². The van der Waals surface area contributed by atoms with E-state index in [1.807, 2.05) is 0 Å². The first-order valence-corrected chi connectivity index (χ1v) is 6.46. The van der Waals surface area contributed by atoms with Gasteiger partial charge in [-0.2, -0.15) is 0 Å². The molecule has 0 amide bonds. The molecule has 0 bridgehead atoms. The molecule has 108 valence electrons. The third-order valence-electron chi connectivity index (χ3n) is 3.17. The summed E-state index contributed by atoms with van der Waals surface area (Å²) in [6, 6.07) is 4.16. The molecule has 1 saturated carbocycles. The Balaban J connectivity index is 0.00000180. The zero-order valence-corrected chi connectivity index (χ0v) is 12.3. The van der Waals surface area contributed by atoms with Gasteiger partial charge in [0.25, 0.3) is 0 Å². The summed E-state index contributed by atoms with van der Waals surface area (Å²) >= 11 is 3.18. The monoisotopic (exact) mass is 359 g/mol. The number of alkyl halides is 3. The van der Waals surface area contributed by atoms with Gasteiger partial charge in [0.1, 0.15) is 5.75 Å². The van der Waals surface area contributed by atoms with E-state index in [-0.39, 0.29) is 24.2 Å². The van der Waals surface area contributed by atoms with E-state index in [1.165, 1.54) is 12.1 Å². The van der Waals surface area contributed by atoms with Gasteiger partial charge in [0.05, 0.1) is 0 Å². The van der Waals surface area contributed by atoms with Crippen molar-refractivity contribution in [2.75, 3.05) is 0 Å². The fourth-order valence-corrected chi connectivity index (χ4v) is 2.53. The van der Waals surface area contributed by atoms with Crippen LogP contribution >= 0.6 is 28.3 Å². The van der Waals surface area contributed by atoms with Gasteiger partial charge >= 0.3 is 6.36 Å². The van der Waals surface area contributed by atoms with Crippen LogP contribution in [0.4, 0.5) is 13.2 Å². The SMILES string of the molecule is Cl.N[C@@H](c1cc(Br)cc(OC(F)(F)F)c1)C1CCC1. The van der Waals surface area contributed by atoms with Crippen LogP contribution in [-0.4, -0.2) is 6.36 Å². The lowest BCUT2D eigenvalue weighted by atomic mass is 9.77. The van der Waals surface area contributed by atoms with Gasteiger partial charge in [-0.15, -0.1) is 25.6 Å². The summed E-state index contributed by atoms with van der Waals surface area (Å²) in [5.74, 6) is 0.125. The molecule has 0 unspecified atom stereocenters. The number of ether oxygens (including phenoxy) is 1. The van der Waals surface area contributed by atoms with E-state index in [1.54, 1.807) is 6.07 Å². The highest BCUT2D eigenvalue weighted by atomic mass is 79.9. The number of nitrogens with two attached hydrogens (primary N) is 1. The Hall–Kier alpha value is -0.460. The first-order chi connectivity index (χ1) is 8.35. The molecule has 0 radical (unpaired) electrons. The average molecular weight is 361 g/mol. The minimum absolute atomic E-state index is 0. The molecule has 2 rings (SSSR count). The summed E-state index contributed by atoms with van der Waals surface area (Å²) in [5, 5.41) is 0. The van der Waals surface area contributed by atoms with Crippen LogP contribution in [0, 0.1) is 5.92 Å². The quantitative estimate of drug-likeness (QED) is 0.857. The van der Waals surface area contributed by atoms with Crippen LogP contribution in [0.2, 0.25) is 0 Å². The molecule has 0 aromatic heterocycles. The van der Waals surface area contributed by atoms with Crippen molar-refractivity contribution in [3.8, 4) is 5.75 Å². The van der Waals surface area contributed by atoms with Gasteiger partial charge in [-0.05, 0) is 42.5 Å². The van der Waals surface area contributed by atoms with Crippen molar-refractivity contribution in [1.29, 1.82) is 0 Å². The van der Waals surface area contributed by atoms with Gasteiger partial charge in [-0.3, -0.25) is 0 Å². The summed E-state index contributed by atoms with van der Waals surface area (Å²) in [5.41, 5.74) is 6.72. The normalized spacial score (nSPS) is 17.3. The standard InChI is InChI=1S/C12H13BrF3NO.ClH/c13-9-4-8(11(17)7-2-1-3-7)5-10(6-9)18-12(14,15)16;/h4-7,11H,1-3,17H2;1H/t11-;/m1./s1. The van der Waals surface area contributed by atoms with Crippen molar-refractivity contribution in [3.05, 3.63) is 28.2 Å². The molecular formula is C12H14BrClF3NO. The number of hydrogen-bond acceptors (Lipinski definition) is 2. The minimum Gasteiger partial charge on any atom is -0.406 e. The zero-order valence-electron chi connectivity index (χ0n) is 9.91. The Kier molecular flexibility index (Phi) is 5.53. The van der Waals surface area contributed by atoms with Gasteiger partial charge in [0.15, 0.2) is 0 Å².